The van der Waals surface area contributed by atoms with Gasteiger partial charge in [-0.15, -0.1) is 0 Å². The molecule has 0 unspecified atom stereocenters. The first-order valence-corrected chi connectivity index (χ1v) is 6.61. The van der Waals surface area contributed by atoms with E-state index in [1.165, 1.54) is 12.1 Å². The van der Waals surface area contributed by atoms with Gasteiger partial charge >= 0.3 is 5.97 Å². The predicted molar refractivity (Wildman–Crippen MR) is 72.4 cm³/mol. The van der Waals surface area contributed by atoms with Crippen LogP contribution in [-0.4, -0.2) is 40.7 Å². The molecule has 108 valence electrons. The molecule has 0 aliphatic carbocycles. The minimum Gasteiger partial charge on any atom is -0.508 e. The van der Waals surface area contributed by atoms with Gasteiger partial charge in [-0.1, -0.05) is 12.1 Å². The molecule has 0 aromatic heterocycles. The summed E-state index contributed by atoms with van der Waals surface area (Å²) >= 11 is 0. The summed E-state index contributed by atoms with van der Waals surface area (Å²) in [5.41, 5.74) is 0.745. The van der Waals surface area contributed by atoms with Crippen LogP contribution in [0.4, 0.5) is 0 Å². The zero-order chi connectivity index (χ0) is 14.5. The molecule has 1 aromatic rings. The maximum Gasteiger partial charge on any atom is 0.326 e. The van der Waals surface area contributed by atoms with Crippen molar-refractivity contribution in [3.8, 4) is 5.75 Å². The average molecular weight is 278 g/mol. The second-order valence-electron chi connectivity index (χ2n) is 4.92. The van der Waals surface area contributed by atoms with Gasteiger partial charge in [0.25, 0.3) is 0 Å². The molecule has 6 nitrogen and oxygen atoms in total. The molecule has 1 amide bonds. The third-order valence-electron chi connectivity index (χ3n) is 3.37. The van der Waals surface area contributed by atoms with Crippen molar-refractivity contribution in [1.29, 1.82) is 0 Å². The first kappa shape index (κ1) is 14.3. The van der Waals surface area contributed by atoms with E-state index >= 15 is 0 Å². The Morgan fingerprint density at radius 1 is 1.35 bits per heavy atom. The Bertz CT molecular complexity index is 480. The molecule has 1 saturated heterocycles. The van der Waals surface area contributed by atoms with E-state index in [1.54, 1.807) is 12.1 Å². The molecule has 1 fully saturated rings. The number of carboxylic acids is 1. The van der Waals surface area contributed by atoms with E-state index in [9.17, 15) is 19.8 Å². The maximum atomic E-state index is 11.9. The molecule has 2 atom stereocenters. The first-order chi connectivity index (χ1) is 9.56. The number of carbonyl (C=O) groups is 2. The second kappa shape index (κ2) is 6.38. The van der Waals surface area contributed by atoms with Crippen LogP contribution in [0.2, 0.25) is 0 Å². The summed E-state index contributed by atoms with van der Waals surface area (Å²) in [7, 11) is 0. The zero-order valence-corrected chi connectivity index (χ0v) is 11.0. The van der Waals surface area contributed by atoms with Crippen molar-refractivity contribution in [3.05, 3.63) is 29.8 Å². The number of hydrogen-bond donors (Lipinski definition) is 4. The monoisotopic (exact) mass is 278 g/mol. The largest absolute Gasteiger partial charge is 0.508 e. The highest BCUT2D eigenvalue weighted by atomic mass is 16.4. The summed E-state index contributed by atoms with van der Waals surface area (Å²) in [5, 5.41) is 24.0. The summed E-state index contributed by atoms with van der Waals surface area (Å²) in [6.07, 6.45) is 1.85. The minimum absolute atomic E-state index is 0.125. The molecular formula is C14H18N2O4. The molecule has 0 spiro atoms. The van der Waals surface area contributed by atoms with Gasteiger partial charge in [0.1, 0.15) is 11.8 Å². The molecule has 1 aromatic carbocycles. The Hall–Kier alpha value is -2.08. The molecule has 4 N–H and O–H groups in total. The lowest BCUT2D eigenvalue weighted by molar-refractivity contribution is -0.142. The van der Waals surface area contributed by atoms with Crippen molar-refractivity contribution < 1.29 is 19.8 Å². The third-order valence-corrected chi connectivity index (χ3v) is 3.37. The van der Waals surface area contributed by atoms with E-state index in [4.69, 9.17) is 0 Å². The SMILES string of the molecule is O=C(O)[C@@H](Cc1ccc(O)cc1)NC(=O)[C@H]1CCCN1. The Balaban J connectivity index is 1.98. The van der Waals surface area contributed by atoms with E-state index in [2.05, 4.69) is 10.6 Å². The van der Waals surface area contributed by atoms with Gasteiger partial charge in [-0.25, -0.2) is 4.79 Å². The van der Waals surface area contributed by atoms with E-state index < -0.39 is 12.0 Å². The van der Waals surface area contributed by atoms with Gasteiger partial charge in [-0.3, -0.25) is 4.79 Å². The standard InChI is InChI=1S/C14H18N2O4/c17-10-5-3-9(4-6-10)8-12(14(19)20)16-13(18)11-2-1-7-15-11/h3-6,11-12,15,17H,1-2,7-8H2,(H,16,18)(H,19,20)/t11-,12-/m1/s1. The fourth-order valence-corrected chi connectivity index (χ4v) is 2.25. The van der Waals surface area contributed by atoms with Gasteiger partial charge < -0.3 is 20.8 Å². The van der Waals surface area contributed by atoms with Gasteiger partial charge in [-0.2, -0.15) is 0 Å². The molecule has 20 heavy (non-hydrogen) atoms. The number of benzene rings is 1. The minimum atomic E-state index is -1.07. The van der Waals surface area contributed by atoms with Crippen molar-refractivity contribution in [2.24, 2.45) is 0 Å². The number of aromatic hydroxyl groups is 1. The number of carboxylic acid groups (broad SMARTS) is 1. The van der Waals surface area contributed by atoms with Crippen LogP contribution >= 0.6 is 0 Å². The lowest BCUT2D eigenvalue weighted by Crippen LogP contribution is -2.49. The van der Waals surface area contributed by atoms with Crippen LogP contribution in [0.15, 0.2) is 24.3 Å². The summed E-state index contributed by atoms with van der Waals surface area (Å²) in [6.45, 7) is 0.786. The number of nitrogens with one attached hydrogen (secondary N) is 2. The van der Waals surface area contributed by atoms with Crippen LogP contribution in [0, 0.1) is 0 Å². The molecule has 0 bridgehead atoms. The van der Waals surface area contributed by atoms with Crippen molar-refractivity contribution in [1.82, 2.24) is 10.6 Å². The summed E-state index contributed by atoms with van der Waals surface area (Å²) < 4.78 is 0. The highest BCUT2D eigenvalue weighted by Gasteiger charge is 2.27. The highest BCUT2D eigenvalue weighted by Crippen LogP contribution is 2.12. The fraction of sp³-hybridized carbons (Fsp3) is 0.429. The fourth-order valence-electron chi connectivity index (χ4n) is 2.25. The number of rotatable bonds is 5. The highest BCUT2D eigenvalue weighted by molar-refractivity contribution is 5.87. The molecule has 2 rings (SSSR count). The predicted octanol–water partition coefficient (Wildman–Crippen LogP) is 0.256. The van der Waals surface area contributed by atoms with Crippen molar-refractivity contribution in [2.45, 2.75) is 31.3 Å². The van der Waals surface area contributed by atoms with Gasteiger partial charge in [-0.05, 0) is 37.1 Å². The van der Waals surface area contributed by atoms with E-state index in [-0.39, 0.29) is 24.1 Å². The molecule has 6 heteroatoms. The van der Waals surface area contributed by atoms with E-state index in [1.807, 2.05) is 0 Å². The smallest absolute Gasteiger partial charge is 0.326 e. The van der Waals surface area contributed by atoms with Crippen LogP contribution < -0.4 is 10.6 Å². The molecule has 0 radical (unpaired) electrons. The zero-order valence-electron chi connectivity index (χ0n) is 11.0. The van der Waals surface area contributed by atoms with Gasteiger partial charge in [0, 0.05) is 6.42 Å². The third kappa shape index (κ3) is 3.71. The number of carbonyl (C=O) groups excluding carboxylic acids is 1. The van der Waals surface area contributed by atoms with Gasteiger partial charge in [0.2, 0.25) is 5.91 Å². The molecule has 0 saturated carbocycles. The normalized spacial score (nSPS) is 19.5. The second-order valence-corrected chi connectivity index (χ2v) is 4.92. The molecular weight excluding hydrogens is 260 g/mol. The van der Waals surface area contributed by atoms with Crippen LogP contribution in [-0.2, 0) is 16.0 Å². The van der Waals surface area contributed by atoms with Gasteiger partial charge in [0.05, 0.1) is 6.04 Å². The van der Waals surface area contributed by atoms with Crippen LogP contribution in [0.3, 0.4) is 0 Å². The number of hydrogen-bond acceptors (Lipinski definition) is 4. The maximum absolute atomic E-state index is 11.9. The number of aliphatic carboxylic acids is 1. The Morgan fingerprint density at radius 3 is 2.60 bits per heavy atom. The molecule has 1 heterocycles. The summed E-state index contributed by atoms with van der Waals surface area (Å²) in [5.74, 6) is -1.21. The van der Waals surface area contributed by atoms with Gasteiger partial charge in [0.15, 0.2) is 0 Å². The average Bonchev–Trinajstić information content (AvgIpc) is 2.94. The Morgan fingerprint density at radius 2 is 2.05 bits per heavy atom. The van der Waals surface area contributed by atoms with Crippen LogP contribution in [0.1, 0.15) is 18.4 Å². The first-order valence-electron chi connectivity index (χ1n) is 6.61. The molecule has 1 aliphatic rings. The topological polar surface area (TPSA) is 98.7 Å². The van der Waals surface area contributed by atoms with E-state index in [0.29, 0.717) is 0 Å². The summed E-state index contributed by atoms with van der Waals surface area (Å²) in [4.78, 5) is 23.2. The molecule has 1 aliphatic heterocycles. The number of phenols is 1. The van der Waals surface area contributed by atoms with Crippen molar-refractivity contribution in [3.63, 3.8) is 0 Å². The lowest BCUT2D eigenvalue weighted by Gasteiger charge is -2.17. The quantitative estimate of drug-likeness (QED) is 0.619. The van der Waals surface area contributed by atoms with Crippen molar-refractivity contribution in [2.75, 3.05) is 6.54 Å². The Labute approximate surface area is 116 Å². The Kier molecular flexibility index (Phi) is 4.57. The lowest BCUT2D eigenvalue weighted by atomic mass is 10.1. The number of phenolic OH excluding ortho intramolecular Hbond substituents is 1. The summed E-state index contributed by atoms with van der Waals surface area (Å²) in [6, 6.07) is 5.02. The number of amides is 1. The van der Waals surface area contributed by atoms with Crippen molar-refractivity contribution >= 4 is 11.9 Å². The van der Waals surface area contributed by atoms with E-state index in [0.717, 1.165) is 24.9 Å². The van der Waals surface area contributed by atoms with Crippen LogP contribution in [0.5, 0.6) is 5.75 Å². The van der Waals surface area contributed by atoms with Crippen LogP contribution in [0.25, 0.3) is 0 Å².